The second-order valence-electron chi connectivity index (χ2n) is 7.25. The highest BCUT2D eigenvalue weighted by molar-refractivity contribution is 5.94. The fraction of sp³-hybridized carbons (Fsp3) is 0.333. The van der Waals surface area contributed by atoms with Gasteiger partial charge < -0.3 is 9.80 Å². The van der Waals surface area contributed by atoms with Crippen molar-refractivity contribution in [3.63, 3.8) is 0 Å². The van der Waals surface area contributed by atoms with Gasteiger partial charge in [-0.3, -0.25) is 14.9 Å². The summed E-state index contributed by atoms with van der Waals surface area (Å²) in [7, 11) is 2.00. The number of urea groups is 1. The summed E-state index contributed by atoms with van der Waals surface area (Å²) in [5.74, 6) is -1.07. The second kappa shape index (κ2) is 9.02. The SMILES string of the molecule is Cc1ccc(N(Cc2ccc(C(=O)NO)cc2)C(=O)N2CCN(C)CC2)c(F)c1. The van der Waals surface area contributed by atoms with Crippen molar-refractivity contribution in [1.82, 2.24) is 15.3 Å². The molecule has 3 amide bonds. The molecule has 0 unspecified atom stereocenters. The maximum atomic E-state index is 14.7. The Balaban J connectivity index is 1.88. The van der Waals surface area contributed by atoms with Crippen LogP contribution in [0.15, 0.2) is 42.5 Å². The zero-order valence-electron chi connectivity index (χ0n) is 16.6. The quantitative estimate of drug-likeness (QED) is 0.611. The molecule has 0 radical (unpaired) electrons. The number of hydroxylamine groups is 1. The molecule has 0 atom stereocenters. The van der Waals surface area contributed by atoms with Gasteiger partial charge in [0.1, 0.15) is 5.82 Å². The number of carbonyl (C=O) groups excluding carboxylic acids is 2. The molecule has 1 saturated heterocycles. The molecule has 7 nitrogen and oxygen atoms in total. The third-order valence-electron chi connectivity index (χ3n) is 5.06. The molecule has 1 fully saturated rings. The first-order valence-electron chi connectivity index (χ1n) is 9.43. The molecule has 2 N–H and O–H groups in total. The zero-order valence-corrected chi connectivity index (χ0v) is 16.6. The van der Waals surface area contributed by atoms with Crippen molar-refractivity contribution < 1.29 is 19.2 Å². The van der Waals surface area contributed by atoms with Crippen LogP contribution in [0.3, 0.4) is 0 Å². The first kappa shape index (κ1) is 20.8. The average Bonchev–Trinajstić information content (AvgIpc) is 2.72. The van der Waals surface area contributed by atoms with Crippen LogP contribution in [0.2, 0.25) is 0 Å². The summed E-state index contributed by atoms with van der Waals surface area (Å²) >= 11 is 0. The fourth-order valence-corrected chi connectivity index (χ4v) is 3.26. The Kier molecular flexibility index (Phi) is 6.46. The van der Waals surface area contributed by atoms with Crippen LogP contribution in [-0.2, 0) is 6.54 Å². The molecule has 0 saturated carbocycles. The molecule has 29 heavy (non-hydrogen) atoms. The smallest absolute Gasteiger partial charge is 0.322 e. The number of halogens is 1. The van der Waals surface area contributed by atoms with E-state index in [0.29, 0.717) is 13.1 Å². The fourth-order valence-electron chi connectivity index (χ4n) is 3.26. The number of amides is 3. The number of benzene rings is 2. The monoisotopic (exact) mass is 400 g/mol. The number of hydrogen-bond donors (Lipinski definition) is 2. The molecular formula is C21H25FN4O3. The Morgan fingerprint density at radius 3 is 2.34 bits per heavy atom. The van der Waals surface area contributed by atoms with E-state index in [9.17, 15) is 14.0 Å². The van der Waals surface area contributed by atoms with Gasteiger partial charge in [0.15, 0.2) is 0 Å². The number of nitrogens with one attached hydrogen (secondary N) is 1. The summed E-state index contributed by atoms with van der Waals surface area (Å²) in [5, 5.41) is 8.74. The Hall–Kier alpha value is -2.97. The number of likely N-dealkylation sites (N-methyl/N-ethyl adjacent to an activating group) is 1. The number of hydrogen-bond acceptors (Lipinski definition) is 4. The van der Waals surface area contributed by atoms with E-state index >= 15 is 0 Å². The van der Waals surface area contributed by atoms with E-state index in [1.807, 2.05) is 7.05 Å². The molecule has 1 aliphatic rings. The highest BCUT2D eigenvalue weighted by Crippen LogP contribution is 2.24. The molecule has 1 heterocycles. The van der Waals surface area contributed by atoms with E-state index in [0.717, 1.165) is 24.2 Å². The minimum absolute atomic E-state index is 0.159. The lowest BCUT2D eigenvalue weighted by molar-refractivity contribution is 0.0706. The summed E-state index contributed by atoms with van der Waals surface area (Å²) in [5.41, 5.74) is 3.60. The van der Waals surface area contributed by atoms with Gasteiger partial charge >= 0.3 is 6.03 Å². The van der Waals surface area contributed by atoms with Crippen molar-refractivity contribution in [2.75, 3.05) is 38.1 Å². The van der Waals surface area contributed by atoms with Crippen LogP contribution < -0.4 is 10.4 Å². The van der Waals surface area contributed by atoms with Gasteiger partial charge in [-0.05, 0) is 49.4 Å². The number of carbonyl (C=O) groups is 2. The summed E-state index contributed by atoms with van der Waals surface area (Å²) in [6.07, 6.45) is 0. The Morgan fingerprint density at radius 2 is 1.76 bits per heavy atom. The molecule has 0 aliphatic carbocycles. The number of aryl methyl sites for hydroxylation is 1. The van der Waals surface area contributed by atoms with Crippen LogP contribution in [0.1, 0.15) is 21.5 Å². The van der Waals surface area contributed by atoms with Gasteiger partial charge in [0.05, 0.1) is 12.2 Å². The van der Waals surface area contributed by atoms with Gasteiger partial charge in [-0.25, -0.2) is 14.7 Å². The summed E-state index contributed by atoms with van der Waals surface area (Å²) in [6.45, 7) is 4.64. The largest absolute Gasteiger partial charge is 0.324 e. The lowest BCUT2D eigenvalue weighted by atomic mass is 10.1. The van der Waals surface area contributed by atoms with E-state index in [2.05, 4.69) is 4.90 Å². The van der Waals surface area contributed by atoms with Crippen LogP contribution in [0.5, 0.6) is 0 Å². The zero-order chi connectivity index (χ0) is 21.0. The van der Waals surface area contributed by atoms with Gasteiger partial charge in [-0.2, -0.15) is 0 Å². The summed E-state index contributed by atoms with van der Waals surface area (Å²) < 4.78 is 14.7. The topological polar surface area (TPSA) is 76.1 Å². The first-order chi connectivity index (χ1) is 13.9. The van der Waals surface area contributed by atoms with Crippen LogP contribution in [-0.4, -0.2) is 60.2 Å². The summed E-state index contributed by atoms with van der Waals surface area (Å²) in [6, 6.07) is 11.0. The molecule has 154 valence electrons. The molecular weight excluding hydrogens is 375 g/mol. The van der Waals surface area contributed by atoms with Crippen molar-refractivity contribution in [2.24, 2.45) is 0 Å². The number of anilines is 1. The van der Waals surface area contributed by atoms with Gasteiger partial charge in [0.25, 0.3) is 5.91 Å². The van der Waals surface area contributed by atoms with Crippen molar-refractivity contribution in [2.45, 2.75) is 13.5 Å². The normalized spacial score (nSPS) is 14.6. The second-order valence-corrected chi connectivity index (χ2v) is 7.25. The van der Waals surface area contributed by atoms with E-state index in [1.165, 1.54) is 11.0 Å². The molecule has 2 aromatic rings. The average molecular weight is 400 g/mol. The lowest BCUT2D eigenvalue weighted by Gasteiger charge is -2.36. The Bertz CT molecular complexity index is 880. The third-order valence-corrected chi connectivity index (χ3v) is 5.06. The van der Waals surface area contributed by atoms with Crippen LogP contribution in [0.4, 0.5) is 14.9 Å². The van der Waals surface area contributed by atoms with E-state index < -0.39 is 11.7 Å². The third kappa shape index (κ3) is 4.90. The molecule has 8 heteroatoms. The van der Waals surface area contributed by atoms with E-state index in [-0.39, 0.29) is 23.8 Å². The maximum Gasteiger partial charge on any atom is 0.324 e. The van der Waals surface area contributed by atoms with Crippen molar-refractivity contribution >= 4 is 17.6 Å². The molecule has 0 aromatic heterocycles. The maximum absolute atomic E-state index is 14.7. The van der Waals surface area contributed by atoms with E-state index in [1.54, 1.807) is 53.7 Å². The van der Waals surface area contributed by atoms with Crippen molar-refractivity contribution in [3.05, 3.63) is 65.0 Å². The van der Waals surface area contributed by atoms with Crippen LogP contribution in [0, 0.1) is 12.7 Å². The van der Waals surface area contributed by atoms with E-state index in [4.69, 9.17) is 5.21 Å². The molecule has 2 aromatic carbocycles. The van der Waals surface area contributed by atoms with Crippen LogP contribution >= 0.6 is 0 Å². The number of piperazine rings is 1. The Morgan fingerprint density at radius 1 is 1.10 bits per heavy atom. The van der Waals surface area contributed by atoms with Gasteiger partial charge in [-0.1, -0.05) is 18.2 Å². The highest BCUT2D eigenvalue weighted by Gasteiger charge is 2.27. The molecule has 0 spiro atoms. The Labute approximate surface area is 169 Å². The molecule has 1 aliphatic heterocycles. The number of rotatable bonds is 4. The van der Waals surface area contributed by atoms with Crippen molar-refractivity contribution in [3.8, 4) is 0 Å². The first-order valence-corrected chi connectivity index (χ1v) is 9.43. The predicted octanol–water partition coefficient (Wildman–Crippen LogP) is 2.63. The standard InChI is InChI=1S/C21H25FN4O3/c1-15-3-8-19(18(22)13-15)26(21(28)25-11-9-24(2)10-12-25)14-16-4-6-17(7-5-16)20(27)23-29/h3-8,13,29H,9-12,14H2,1-2H3,(H,23,27). The lowest BCUT2D eigenvalue weighted by Crippen LogP contribution is -2.52. The minimum Gasteiger partial charge on any atom is -0.322 e. The molecule has 3 rings (SSSR count). The minimum atomic E-state index is -0.619. The number of nitrogens with zero attached hydrogens (tertiary/aromatic N) is 3. The van der Waals surface area contributed by atoms with Gasteiger partial charge in [0, 0.05) is 31.7 Å². The highest BCUT2D eigenvalue weighted by atomic mass is 19.1. The molecule has 0 bridgehead atoms. The summed E-state index contributed by atoms with van der Waals surface area (Å²) in [4.78, 5) is 30.0. The van der Waals surface area contributed by atoms with Crippen molar-refractivity contribution in [1.29, 1.82) is 0 Å². The van der Waals surface area contributed by atoms with Gasteiger partial charge in [-0.15, -0.1) is 0 Å². The van der Waals surface area contributed by atoms with Crippen LogP contribution in [0.25, 0.3) is 0 Å². The predicted molar refractivity (Wildman–Crippen MR) is 107 cm³/mol. The van der Waals surface area contributed by atoms with Gasteiger partial charge in [0.2, 0.25) is 0 Å².